The Hall–Kier alpha value is -3.40. The van der Waals surface area contributed by atoms with Gasteiger partial charge in [0.15, 0.2) is 0 Å². The lowest BCUT2D eigenvalue weighted by atomic mass is 9.61. The van der Waals surface area contributed by atoms with Gasteiger partial charge in [-0.3, -0.25) is 14.5 Å². The molecule has 2 aromatic heterocycles. The van der Waals surface area contributed by atoms with E-state index in [0.29, 0.717) is 52.9 Å². The number of pyridine rings is 1. The van der Waals surface area contributed by atoms with Gasteiger partial charge >= 0.3 is 6.18 Å². The Morgan fingerprint density at radius 3 is 2.52 bits per heavy atom. The van der Waals surface area contributed by atoms with Crippen molar-refractivity contribution in [3.05, 3.63) is 60.2 Å². The number of likely N-dealkylation sites (tertiary alicyclic amines) is 1. The molecule has 2 N–H and O–H groups in total. The number of aryl methyl sites for hydroxylation is 1. The number of fused-ring (bicyclic) bond motifs is 1. The number of benzene rings is 1. The Bertz CT molecular complexity index is 1420. The normalized spacial score (nSPS) is 17.5. The molecular weight excluding hydrogens is 517 g/mol. The zero-order valence-electron chi connectivity index (χ0n) is 23.5. The number of anilines is 1. The molecule has 40 heavy (non-hydrogen) atoms. The van der Waals surface area contributed by atoms with Crippen molar-refractivity contribution in [2.45, 2.75) is 64.2 Å². The zero-order chi connectivity index (χ0) is 28.9. The summed E-state index contributed by atoms with van der Waals surface area (Å²) in [6.07, 6.45) is 1.68. The Morgan fingerprint density at radius 2 is 1.90 bits per heavy atom. The minimum Gasteiger partial charge on any atom is -0.382 e. The van der Waals surface area contributed by atoms with Gasteiger partial charge in [0, 0.05) is 54.0 Å². The molecule has 0 unspecified atom stereocenters. The lowest BCUT2D eigenvalue weighted by Crippen LogP contribution is -2.63. The van der Waals surface area contributed by atoms with Crippen LogP contribution in [-0.2, 0) is 12.0 Å². The summed E-state index contributed by atoms with van der Waals surface area (Å²) in [5.41, 5.74) is 0.852. The molecular formula is C30H37F3N6O. The largest absolute Gasteiger partial charge is 0.417 e. The van der Waals surface area contributed by atoms with Crippen molar-refractivity contribution in [2.24, 2.45) is 5.41 Å². The number of allylic oxidation sites excluding steroid dienone is 1. The van der Waals surface area contributed by atoms with Crippen LogP contribution >= 0.6 is 0 Å². The van der Waals surface area contributed by atoms with Gasteiger partial charge in [-0.05, 0) is 71.0 Å². The molecule has 7 nitrogen and oxygen atoms in total. The summed E-state index contributed by atoms with van der Waals surface area (Å²) in [4.78, 5) is 19.3. The number of nitrogens with one attached hydrogen (secondary N) is 2. The van der Waals surface area contributed by atoms with Gasteiger partial charge in [-0.2, -0.15) is 18.3 Å². The van der Waals surface area contributed by atoms with Crippen LogP contribution in [-0.4, -0.2) is 64.5 Å². The highest BCUT2D eigenvalue weighted by Crippen LogP contribution is 2.49. The SMILES string of the molecule is C=C(c1nc(CCCNC(=O)c2cnn(C(C)(C)C)c2)cc2c(NC3CC4(C3)CN(C)C4)cccc12)C(F)(F)F. The lowest BCUT2D eigenvalue weighted by Gasteiger charge is -2.58. The maximum atomic E-state index is 13.7. The molecule has 2 aliphatic rings. The van der Waals surface area contributed by atoms with Crippen LogP contribution in [0.2, 0.25) is 0 Å². The maximum Gasteiger partial charge on any atom is 0.417 e. The van der Waals surface area contributed by atoms with E-state index < -0.39 is 11.7 Å². The number of hydrogen-bond donors (Lipinski definition) is 2. The highest BCUT2D eigenvalue weighted by molar-refractivity contribution is 6.00. The molecule has 1 amide bonds. The van der Waals surface area contributed by atoms with E-state index in [1.807, 2.05) is 32.9 Å². The first kappa shape index (κ1) is 28.1. The van der Waals surface area contributed by atoms with E-state index in [1.165, 1.54) is 6.20 Å². The van der Waals surface area contributed by atoms with Crippen LogP contribution in [0.3, 0.4) is 0 Å². The topological polar surface area (TPSA) is 75.1 Å². The van der Waals surface area contributed by atoms with Crippen LogP contribution < -0.4 is 10.6 Å². The van der Waals surface area contributed by atoms with Gasteiger partial charge < -0.3 is 15.5 Å². The van der Waals surface area contributed by atoms with E-state index in [9.17, 15) is 18.0 Å². The van der Waals surface area contributed by atoms with Crippen LogP contribution in [0.25, 0.3) is 16.3 Å². The van der Waals surface area contributed by atoms with Crippen molar-refractivity contribution in [1.82, 2.24) is 25.0 Å². The zero-order valence-corrected chi connectivity index (χ0v) is 23.5. The molecule has 2 fully saturated rings. The number of nitrogens with zero attached hydrogens (tertiary/aromatic N) is 4. The first-order chi connectivity index (χ1) is 18.7. The fourth-order valence-electron chi connectivity index (χ4n) is 5.99. The second kappa shape index (κ2) is 10.2. The van der Waals surface area contributed by atoms with Gasteiger partial charge in [0.1, 0.15) is 0 Å². The summed E-state index contributed by atoms with van der Waals surface area (Å²) in [5.74, 6) is -0.240. The van der Waals surface area contributed by atoms with E-state index >= 15 is 0 Å². The molecule has 3 aromatic rings. The number of carbonyl (C=O) groups excluding carboxylic acids is 1. The molecule has 1 saturated heterocycles. The van der Waals surface area contributed by atoms with Crippen molar-refractivity contribution in [3.63, 3.8) is 0 Å². The molecule has 0 radical (unpaired) electrons. The van der Waals surface area contributed by atoms with Gasteiger partial charge in [-0.25, -0.2) is 0 Å². The highest BCUT2D eigenvalue weighted by atomic mass is 19.4. The van der Waals surface area contributed by atoms with Gasteiger partial charge in [-0.15, -0.1) is 0 Å². The van der Waals surface area contributed by atoms with E-state index in [1.54, 1.807) is 23.0 Å². The highest BCUT2D eigenvalue weighted by Gasteiger charge is 2.51. The summed E-state index contributed by atoms with van der Waals surface area (Å²) >= 11 is 0. The number of carbonyl (C=O) groups is 1. The summed E-state index contributed by atoms with van der Waals surface area (Å²) in [6, 6.07) is 7.52. The van der Waals surface area contributed by atoms with Gasteiger partial charge in [0.05, 0.1) is 28.6 Å². The van der Waals surface area contributed by atoms with Crippen molar-refractivity contribution in [2.75, 3.05) is 32.0 Å². The van der Waals surface area contributed by atoms with Crippen molar-refractivity contribution >= 4 is 27.9 Å². The third-order valence-corrected chi connectivity index (χ3v) is 7.91. The van der Waals surface area contributed by atoms with Crippen molar-refractivity contribution < 1.29 is 18.0 Å². The smallest absolute Gasteiger partial charge is 0.382 e. The van der Waals surface area contributed by atoms with Gasteiger partial charge in [0.25, 0.3) is 5.91 Å². The van der Waals surface area contributed by atoms with Crippen LogP contribution in [0.4, 0.5) is 18.9 Å². The van der Waals surface area contributed by atoms with Crippen LogP contribution in [0, 0.1) is 5.41 Å². The minimum absolute atomic E-state index is 0.145. The monoisotopic (exact) mass is 554 g/mol. The number of alkyl halides is 3. The van der Waals surface area contributed by atoms with Crippen LogP contribution in [0.1, 0.15) is 61.8 Å². The average molecular weight is 555 g/mol. The fourth-order valence-corrected chi connectivity index (χ4v) is 5.99. The molecule has 10 heteroatoms. The molecule has 3 heterocycles. The van der Waals surface area contributed by atoms with Crippen LogP contribution in [0.5, 0.6) is 0 Å². The summed E-state index contributed by atoms with van der Waals surface area (Å²) in [6.45, 7) is 11.9. The summed E-state index contributed by atoms with van der Waals surface area (Å²) < 4.78 is 43.0. The Labute approximate surface area is 232 Å². The summed E-state index contributed by atoms with van der Waals surface area (Å²) in [5, 5.41) is 11.8. The molecule has 1 aliphatic carbocycles. The van der Waals surface area contributed by atoms with Crippen LogP contribution in [0.15, 0.2) is 43.2 Å². The summed E-state index contributed by atoms with van der Waals surface area (Å²) in [7, 11) is 2.12. The van der Waals surface area contributed by atoms with E-state index in [2.05, 4.69) is 39.2 Å². The fraction of sp³-hybridized carbons (Fsp3) is 0.500. The standard InChI is InChI=1S/C30H37F3N6O/c1-19(30(31,32)33)26-23-9-6-10-25(36-22-13-29(14-22)17-38(5)18-29)24(23)12-21(37-26)8-7-11-34-27(40)20-15-35-39(16-20)28(2,3)4/h6,9-10,12,15-16,22,36H,1,7-8,11,13-14,17-18H2,2-5H3,(H,34,40). The molecule has 0 bridgehead atoms. The molecule has 1 saturated carbocycles. The molecule has 0 atom stereocenters. The Kier molecular flexibility index (Phi) is 7.18. The Balaban J connectivity index is 1.30. The number of aromatic nitrogens is 3. The molecule has 1 spiro atoms. The number of rotatable bonds is 8. The lowest BCUT2D eigenvalue weighted by molar-refractivity contribution is -0.0688. The second-order valence-electron chi connectivity index (χ2n) is 12.5. The van der Waals surface area contributed by atoms with E-state index in [0.717, 1.165) is 31.6 Å². The third kappa shape index (κ3) is 5.73. The number of amides is 1. The molecule has 5 rings (SSSR count). The van der Waals surface area contributed by atoms with E-state index in [4.69, 9.17) is 0 Å². The molecule has 214 valence electrons. The average Bonchev–Trinajstić information content (AvgIpc) is 3.34. The first-order valence-electron chi connectivity index (χ1n) is 13.7. The predicted octanol–water partition coefficient (Wildman–Crippen LogP) is 5.63. The quantitative estimate of drug-likeness (QED) is 0.353. The number of hydrogen-bond acceptors (Lipinski definition) is 5. The van der Waals surface area contributed by atoms with Gasteiger partial charge in [0.2, 0.25) is 0 Å². The Morgan fingerprint density at radius 1 is 1.18 bits per heavy atom. The van der Waals surface area contributed by atoms with Gasteiger partial charge in [-0.1, -0.05) is 18.7 Å². The minimum atomic E-state index is -4.59. The van der Waals surface area contributed by atoms with Crippen molar-refractivity contribution in [3.8, 4) is 0 Å². The predicted molar refractivity (Wildman–Crippen MR) is 151 cm³/mol. The number of halogens is 3. The molecule has 1 aromatic carbocycles. The maximum absolute atomic E-state index is 13.7. The third-order valence-electron chi connectivity index (χ3n) is 7.91. The second-order valence-corrected chi connectivity index (χ2v) is 12.5. The first-order valence-corrected chi connectivity index (χ1v) is 13.7. The van der Waals surface area contributed by atoms with E-state index in [-0.39, 0.29) is 17.1 Å². The molecule has 1 aliphatic heterocycles. The van der Waals surface area contributed by atoms with Crippen molar-refractivity contribution in [1.29, 1.82) is 0 Å².